The van der Waals surface area contributed by atoms with Crippen molar-refractivity contribution in [1.82, 2.24) is 10.2 Å². The van der Waals surface area contributed by atoms with Crippen LogP contribution in [0.4, 0.5) is 5.69 Å². The molecule has 0 aliphatic rings. The fourth-order valence-corrected chi connectivity index (χ4v) is 6.51. The first-order chi connectivity index (χ1) is 22.0. The molecule has 1 N–H and O–H groups in total. The fraction of sp³-hybridized carbons (Fsp3) is 0.278. The molecule has 0 aliphatic heterocycles. The molecule has 0 spiro atoms. The van der Waals surface area contributed by atoms with Gasteiger partial charge < -0.3 is 15.0 Å². The van der Waals surface area contributed by atoms with E-state index in [-0.39, 0.29) is 29.7 Å². The number of benzene rings is 4. The minimum absolute atomic E-state index is 0.00454. The first kappa shape index (κ1) is 34.5. The summed E-state index contributed by atoms with van der Waals surface area (Å²) in [6.07, 6.45) is 0.219. The quantitative estimate of drug-likeness (QED) is 0.172. The van der Waals surface area contributed by atoms with Gasteiger partial charge in [0, 0.05) is 24.5 Å². The summed E-state index contributed by atoms with van der Waals surface area (Å²) in [7, 11) is -2.73. The number of hydrogen-bond acceptors (Lipinski definition) is 5. The van der Waals surface area contributed by atoms with Crippen LogP contribution in [0.2, 0.25) is 5.02 Å². The van der Waals surface area contributed by atoms with E-state index in [4.69, 9.17) is 16.3 Å². The Hall–Kier alpha value is -4.34. The first-order valence-electron chi connectivity index (χ1n) is 15.1. The molecule has 4 aromatic carbocycles. The maximum atomic E-state index is 14.5. The lowest BCUT2D eigenvalue weighted by molar-refractivity contribution is -0.140. The molecule has 0 aliphatic carbocycles. The highest BCUT2D eigenvalue weighted by molar-refractivity contribution is 7.92. The second-order valence-electron chi connectivity index (χ2n) is 11.5. The molecule has 0 aromatic heterocycles. The Morgan fingerprint density at radius 1 is 0.870 bits per heavy atom. The molecule has 0 fully saturated rings. The lowest BCUT2D eigenvalue weighted by Crippen LogP contribution is -2.53. The number of ether oxygens (including phenoxy) is 1. The van der Waals surface area contributed by atoms with Crippen LogP contribution in [0.15, 0.2) is 108 Å². The van der Waals surface area contributed by atoms with E-state index in [0.717, 1.165) is 15.4 Å². The number of hydrogen-bond donors (Lipinski definition) is 1. The molecular weight excluding hydrogens is 622 g/mol. The van der Waals surface area contributed by atoms with Crippen LogP contribution >= 0.6 is 11.6 Å². The molecule has 0 radical (unpaired) electrons. The molecule has 4 rings (SSSR count). The standard InChI is InChI=1S/C36H40ClN3O5S/c1-26(2)23-38-36(42)34(22-28-10-6-5-7-11-28)39(24-29-12-8-9-13-33(29)37)35(41)25-40(30-16-14-27(3)15-17-30)46(43,44)32-20-18-31(45-4)19-21-32/h5-21,26,34H,22-25H2,1-4H3,(H,38,42)/t34-/m1/s1. The summed E-state index contributed by atoms with van der Waals surface area (Å²) in [6, 6.07) is 28.5. The third kappa shape index (κ3) is 8.89. The van der Waals surface area contributed by atoms with Crippen LogP contribution in [0.3, 0.4) is 0 Å². The minimum Gasteiger partial charge on any atom is -0.497 e. The Kier molecular flexibility index (Phi) is 11.8. The number of anilines is 1. The third-order valence-corrected chi connectivity index (χ3v) is 9.66. The number of aryl methyl sites for hydroxylation is 1. The smallest absolute Gasteiger partial charge is 0.264 e. The number of carbonyl (C=O) groups excluding carboxylic acids is 2. The highest BCUT2D eigenvalue weighted by Crippen LogP contribution is 2.27. The maximum absolute atomic E-state index is 14.5. The van der Waals surface area contributed by atoms with E-state index in [1.54, 1.807) is 54.6 Å². The van der Waals surface area contributed by atoms with Crippen LogP contribution in [-0.4, -0.2) is 51.4 Å². The van der Waals surface area contributed by atoms with Gasteiger partial charge in [-0.25, -0.2) is 8.42 Å². The summed E-state index contributed by atoms with van der Waals surface area (Å²) in [5, 5.41) is 3.42. The van der Waals surface area contributed by atoms with Crippen molar-refractivity contribution in [3.8, 4) is 5.75 Å². The molecule has 8 nitrogen and oxygen atoms in total. The van der Waals surface area contributed by atoms with Gasteiger partial charge in [0.1, 0.15) is 18.3 Å². The van der Waals surface area contributed by atoms with Crippen molar-refractivity contribution < 1.29 is 22.7 Å². The highest BCUT2D eigenvalue weighted by atomic mass is 35.5. The molecular formula is C36H40ClN3O5S. The Bertz CT molecular complexity index is 1710. The molecule has 0 bridgehead atoms. The average Bonchev–Trinajstić information content (AvgIpc) is 3.05. The average molecular weight is 662 g/mol. The molecule has 46 heavy (non-hydrogen) atoms. The van der Waals surface area contributed by atoms with E-state index in [1.807, 2.05) is 57.2 Å². The summed E-state index contributed by atoms with van der Waals surface area (Å²) in [6.45, 7) is 5.73. The third-order valence-electron chi connectivity index (χ3n) is 7.50. The number of nitrogens with one attached hydrogen (secondary N) is 1. The van der Waals surface area contributed by atoms with Gasteiger partial charge in [-0.15, -0.1) is 0 Å². The number of methoxy groups -OCH3 is 1. The lowest BCUT2D eigenvalue weighted by atomic mass is 10.0. The van der Waals surface area contributed by atoms with Gasteiger partial charge in [0.25, 0.3) is 10.0 Å². The Balaban J connectivity index is 1.80. The van der Waals surface area contributed by atoms with Gasteiger partial charge >= 0.3 is 0 Å². The van der Waals surface area contributed by atoms with Crippen molar-refractivity contribution in [1.29, 1.82) is 0 Å². The molecule has 0 saturated carbocycles. The molecule has 0 unspecified atom stereocenters. The van der Waals surface area contributed by atoms with Gasteiger partial charge in [-0.2, -0.15) is 0 Å². The Morgan fingerprint density at radius 2 is 1.50 bits per heavy atom. The van der Waals surface area contributed by atoms with Crippen LogP contribution < -0.4 is 14.4 Å². The minimum atomic E-state index is -4.22. The van der Waals surface area contributed by atoms with Crippen LogP contribution in [-0.2, 0) is 32.6 Å². The summed E-state index contributed by atoms with van der Waals surface area (Å²) < 4.78 is 34.6. The van der Waals surface area contributed by atoms with Crippen molar-refractivity contribution in [2.75, 3.05) is 24.5 Å². The second kappa shape index (κ2) is 15.8. The molecule has 2 amide bonds. The molecule has 0 heterocycles. The molecule has 0 saturated heterocycles. The zero-order chi connectivity index (χ0) is 33.3. The largest absolute Gasteiger partial charge is 0.497 e. The Morgan fingerprint density at radius 3 is 2.11 bits per heavy atom. The predicted molar refractivity (Wildman–Crippen MR) is 182 cm³/mol. The lowest BCUT2D eigenvalue weighted by Gasteiger charge is -2.34. The predicted octanol–water partition coefficient (Wildman–Crippen LogP) is 6.26. The van der Waals surface area contributed by atoms with Gasteiger partial charge in [0.05, 0.1) is 17.7 Å². The monoisotopic (exact) mass is 661 g/mol. The van der Waals surface area contributed by atoms with Crippen molar-refractivity contribution in [3.05, 3.63) is 125 Å². The van der Waals surface area contributed by atoms with Gasteiger partial charge in [-0.1, -0.05) is 91.7 Å². The van der Waals surface area contributed by atoms with Crippen LogP contribution in [0, 0.1) is 12.8 Å². The van der Waals surface area contributed by atoms with E-state index in [0.29, 0.717) is 28.6 Å². The zero-order valence-electron chi connectivity index (χ0n) is 26.5. The van der Waals surface area contributed by atoms with Crippen LogP contribution in [0.25, 0.3) is 0 Å². The summed E-state index contributed by atoms with van der Waals surface area (Å²) in [5.74, 6) is -0.212. The molecule has 242 valence electrons. The van der Waals surface area contributed by atoms with Crippen molar-refractivity contribution in [3.63, 3.8) is 0 Å². The van der Waals surface area contributed by atoms with E-state index in [1.165, 1.54) is 24.1 Å². The van der Waals surface area contributed by atoms with E-state index >= 15 is 0 Å². The van der Waals surface area contributed by atoms with Crippen LogP contribution in [0.1, 0.15) is 30.5 Å². The van der Waals surface area contributed by atoms with Gasteiger partial charge in [-0.3, -0.25) is 13.9 Å². The number of rotatable bonds is 14. The molecule has 1 atom stereocenters. The van der Waals surface area contributed by atoms with Crippen molar-refractivity contribution in [2.24, 2.45) is 5.92 Å². The molecule has 4 aromatic rings. The maximum Gasteiger partial charge on any atom is 0.264 e. The fourth-order valence-electron chi connectivity index (χ4n) is 4.90. The number of halogens is 1. The second-order valence-corrected chi connectivity index (χ2v) is 13.7. The number of sulfonamides is 1. The summed E-state index contributed by atoms with van der Waals surface area (Å²) in [5.41, 5.74) is 2.73. The summed E-state index contributed by atoms with van der Waals surface area (Å²) >= 11 is 6.56. The number of amides is 2. The number of nitrogens with zero attached hydrogens (tertiary/aromatic N) is 2. The van der Waals surface area contributed by atoms with Crippen molar-refractivity contribution in [2.45, 2.75) is 44.7 Å². The highest BCUT2D eigenvalue weighted by Gasteiger charge is 2.35. The first-order valence-corrected chi connectivity index (χ1v) is 16.9. The van der Waals surface area contributed by atoms with Gasteiger partial charge in [0.2, 0.25) is 11.8 Å². The van der Waals surface area contributed by atoms with Crippen molar-refractivity contribution >= 4 is 39.1 Å². The summed E-state index contributed by atoms with van der Waals surface area (Å²) in [4.78, 5) is 29.8. The van der Waals surface area contributed by atoms with Gasteiger partial charge in [-0.05, 0) is 66.4 Å². The normalized spacial score (nSPS) is 12.0. The van der Waals surface area contributed by atoms with E-state index in [9.17, 15) is 18.0 Å². The Labute approximate surface area is 277 Å². The number of carbonyl (C=O) groups is 2. The SMILES string of the molecule is COc1ccc(S(=O)(=O)N(CC(=O)N(Cc2ccccc2Cl)[C@H](Cc2ccccc2)C(=O)NCC(C)C)c2ccc(C)cc2)cc1. The topological polar surface area (TPSA) is 96.0 Å². The van der Waals surface area contributed by atoms with Crippen LogP contribution in [0.5, 0.6) is 5.75 Å². The molecule has 10 heteroatoms. The van der Waals surface area contributed by atoms with Gasteiger partial charge in [0.15, 0.2) is 0 Å². The van der Waals surface area contributed by atoms with E-state index in [2.05, 4.69) is 5.32 Å². The zero-order valence-corrected chi connectivity index (χ0v) is 28.1. The van der Waals surface area contributed by atoms with E-state index < -0.39 is 28.5 Å².